The fraction of sp³-hybridized carbons (Fsp3) is 0.222. The third kappa shape index (κ3) is 1.95. The van der Waals surface area contributed by atoms with Crippen molar-refractivity contribution in [3.8, 4) is 0 Å². The van der Waals surface area contributed by atoms with Crippen LogP contribution in [0.4, 0.5) is 0 Å². The van der Waals surface area contributed by atoms with Crippen LogP contribution in [0.25, 0.3) is 0 Å². The van der Waals surface area contributed by atoms with Gasteiger partial charge in [0.2, 0.25) is 0 Å². The zero-order valence-corrected chi connectivity index (χ0v) is 8.73. The lowest BCUT2D eigenvalue weighted by atomic mass is 10.1. The minimum atomic E-state index is 0.0769. The average molecular weight is 208 g/mol. The molecule has 2 rings (SSSR count). The van der Waals surface area contributed by atoms with Crippen molar-refractivity contribution in [2.75, 3.05) is 0 Å². The van der Waals surface area contributed by atoms with Crippen LogP contribution in [0.2, 0.25) is 0 Å². The topological polar surface area (TPSA) is 24.7 Å². The van der Waals surface area contributed by atoms with Crippen molar-refractivity contribution in [1.29, 1.82) is 0 Å². The number of benzene rings is 1. The van der Waals surface area contributed by atoms with Gasteiger partial charge in [0.1, 0.15) is 5.37 Å². The van der Waals surface area contributed by atoms with Crippen molar-refractivity contribution in [3.05, 3.63) is 35.4 Å². The van der Waals surface area contributed by atoms with Gasteiger partial charge in [0, 0.05) is 0 Å². The normalized spacial score (nSPS) is 21.0. The third-order valence-electron chi connectivity index (χ3n) is 1.82. The van der Waals surface area contributed by atoms with Crippen LogP contribution in [0, 0.1) is 6.92 Å². The van der Waals surface area contributed by atoms with Crippen LogP contribution in [0.5, 0.6) is 0 Å². The van der Waals surface area contributed by atoms with Crippen LogP contribution >= 0.6 is 24.0 Å². The number of aryl methyl sites for hydroxylation is 1. The molecule has 0 radical (unpaired) electrons. The van der Waals surface area contributed by atoms with Gasteiger partial charge in [0.15, 0.2) is 4.32 Å². The first-order chi connectivity index (χ1) is 6.25. The van der Waals surface area contributed by atoms with Crippen molar-refractivity contribution in [1.82, 2.24) is 0 Å². The van der Waals surface area contributed by atoms with E-state index in [0.717, 1.165) is 0 Å². The van der Waals surface area contributed by atoms with Crippen LogP contribution in [0.15, 0.2) is 34.5 Å². The highest BCUT2D eigenvalue weighted by Crippen LogP contribution is 2.36. The summed E-state index contributed by atoms with van der Waals surface area (Å²) in [7, 11) is 0. The molecule has 66 valence electrons. The first kappa shape index (κ1) is 8.84. The Balaban J connectivity index is 2.22. The summed E-state index contributed by atoms with van der Waals surface area (Å²) in [6.07, 6.45) is 0. The van der Waals surface area contributed by atoms with Gasteiger partial charge in [0.25, 0.3) is 0 Å². The highest BCUT2D eigenvalue weighted by molar-refractivity contribution is 8.23. The van der Waals surface area contributed by atoms with E-state index >= 15 is 0 Å². The second-order valence-corrected chi connectivity index (χ2v) is 4.58. The van der Waals surface area contributed by atoms with E-state index in [9.17, 15) is 0 Å². The van der Waals surface area contributed by atoms with Gasteiger partial charge in [-0.2, -0.15) is 5.11 Å². The molecular formula is C9H8N2S2. The highest BCUT2D eigenvalue weighted by Gasteiger charge is 2.18. The van der Waals surface area contributed by atoms with Gasteiger partial charge < -0.3 is 0 Å². The Morgan fingerprint density at radius 3 is 2.54 bits per heavy atom. The molecule has 1 aromatic carbocycles. The predicted molar refractivity (Wildman–Crippen MR) is 59.0 cm³/mol. The lowest BCUT2D eigenvalue weighted by molar-refractivity contribution is 0.971. The number of azo groups is 1. The molecule has 1 aliphatic rings. The molecule has 1 unspecified atom stereocenters. The van der Waals surface area contributed by atoms with E-state index in [0.29, 0.717) is 4.32 Å². The molecule has 1 heterocycles. The van der Waals surface area contributed by atoms with Crippen LogP contribution in [-0.4, -0.2) is 4.32 Å². The molecule has 0 N–H and O–H groups in total. The summed E-state index contributed by atoms with van der Waals surface area (Å²) in [4.78, 5) is 0. The standard InChI is InChI=1S/C9H8N2S2/c1-6-2-4-7(5-3-6)8-10-11-9(12)13-8/h2-5,8H,1H3. The summed E-state index contributed by atoms with van der Waals surface area (Å²) in [6.45, 7) is 2.07. The molecular weight excluding hydrogens is 200 g/mol. The number of hydrogen-bond acceptors (Lipinski definition) is 3. The summed E-state index contributed by atoms with van der Waals surface area (Å²) in [6, 6.07) is 8.29. The Kier molecular flexibility index (Phi) is 2.42. The monoisotopic (exact) mass is 208 g/mol. The van der Waals surface area contributed by atoms with Gasteiger partial charge in [-0.15, -0.1) is 5.11 Å². The quantitative estimate of drug-likeness (QED) is 0.660. The fourth-order valence-corrected chi connectivity index (χ4v) is 2.10. The number of hydrogen-bond donors (Lipinski definition) is 0. The van der Waals surface area contributed by atoms with E-state index < -0.39 is 0 Å². The number of rotatable bonds is 1. The molecule has 4 heteroatoms. The minimum absolute atomic E-state index is 0.0769. The molecule has 0 spiro atoms. The van der Waals surface area contributed by atoms with Crippen LogP contribution in [-0.2, 0) is 0 Å². The molecule has 0 saturated heterocycles. The van der Waals surface area contributed by atoms with Crippen molar-refractivity contribution in [3.63, 3.8) is 0 Å². The first-order valence-corrected chi connectivity index (χ1v) is 5.22. The third-order valence-corrected chi connectivity index (χ3v) is 3.06. The average Bonchev–Trinajstić information content (AvgIpc) is 2.53. The van der Waals surface area contributed by atoms with E-state index in [2.05, 4.69) is 41.4 Å². The van der Waals surface area contributed by atoms with E-state index in [4.69, 9.17) is 12.2 Å². The molecule has 0 amide bonds. The Bertz CT molecular complexity index is 356. The summed E-state index contributed by atoms with van der Waals surface area (Å²) >= 11 is 6.45. The zero-order chi connectivity index (χ0) is 9.26. The second-order valence-electron chi connectivity index (χ2n) is 2.86. The van der Waals surface area contributed by atoms with Gasteiger partial charge in [-0.05, 0) is 24.7 Å². The van der Waals surface area contributed by atoms with E-state index in [1.54, 1.807) is 0 Å². The van der Waals surface area contributed by atoms with E-state index in [1.165, 1.54) is 22.9 Å². The molecule has 13 heavy (non-hydrogen) atoms. The van der Waals surface area contributed by atoms with Gasteiger partial charge in [-0.3, -0.25) is 0 Å². The largest absolute Gasteiger partial charge is 0.184 e. The first-order valence-electron chi connectivity index (χ1n) is 3.94. The molecule has 0 fully saturated rings. The second kappa shape index (κ2) is 3.55. The molecule has 1 aliphatic heterocycles. The molecule has 2 nitrogen and oxygen atoms in total. The fourth-order valence-electron chi connectivity index (χ4n) is 1.11. The maximum atomic E-state index is 4.92. The lowest BCUT2D eigenvalue weighted by Gasteiger charge is -2.03. The summed E-state index contributed by atoms with van der Waals surface area (Å²) < 4.78 is 0.630. The molecule has 1 atom stereocenters. The SMILES string of the molecule is Cc1ccc(C2N=NC(=S)S2)cc1. The Morgan fingerprint density at radius 2 is 2.00 bits per heavy atom. The van der Waals surface area contributed by atoms with Gasteiger partial charge >= 0.3 is 0 Å². The maximum Gasteiger partial charge on any atom is 0.184 e. The summed E-state index contributed by atoms with van der Waals surface area (Å²) in [5, 5.41) is 7.98. The molecule has 0 aliphatic carbocycles. The van der Waals surface area contributed by atoms with Gasteiger partial charge in [0.05, 0.1) is 0 Å². The van der Waals surface area contributed by atoms with Gasteiger partial charge in [-0.1, -0.05) is 41.6 Å². The Morgan fingerprint density at radius 1 is 1.31 bits per heavy atom. The Hall–Kier alpha value is -0.740. The smallest absolute Gasteiger partial charge is 0.167 e. The van der Waals surface area contributed by atoms with Crippen molar-refractivity contribution < 1.29 is 0 Å². The van der Waals surface area contributed by atoms with E-state index in [1.807, 2.05) is 0 Å². The van der Waals surface area contributed by atoms with Crippen LogP contribution in [0.3, 0.4) is 0 Å². The number of nitrogens with zero attached hydrogens (tertiary/aromatic N) is 2. The minimum Gasteiger partial charge on any atom is -0.167 e. The lowest BCUT2D eigenvalue weighted by Crippen LogP contribution is -1.86. The number of thioether (sulfide) groups is 1. The predicted octanol–water partition coefficient (Wildman–Crippen LogP) is 3.48. The Labute approximate surface area is 86.4 Å². The van der Waals surface area contributed by atoms with Crippen LogP contribution in [0.1, 0.15) is 16.5 Å². The molecule has 1 aromatic rings. The van der Waals surface area contributed by atoms with Gasteiger partial charge in [-0.25, -0.2) is 0 Å². The molecule has 0 bridgehead atoms. The maximum absolute atomic E-state index is 4.92. The molecule has 0 aromatic heterocycles. The van der Waals surface area contributed by atoms with Crippen molar-refractivity contribution in [2.45, 2.75) is 12.3 Å². The molecule has 0 saturated carbocycles. The van der Waals surface area contributed by atoms with Crippen molar-refractivity contribution in [2.24, 2.45) is 10.2 Å². The zero-order valence-electron chi connectivity index (χ0n) is 7.10. The number of thiocarbonyl (C=S) groups is 1. The summed E-state index contributed by atoms with van der Waals surface area (Å²) in [5.74, 6) is 0. The summed E-state index contributed by atoms with van der Waals surface area (Å²) in [5.41, 5.74) is 2.42. The van der Waals surface area contributed by atoms with E-state index in [-0.39, 0.29) is 5.37 Å². The highest BCUT2D eigenvalue weighted by atomic mass is 32.2. The van der Waals surface area contributed by atoms with Crippen molar-refractivity contribution >= 4 is 28.3 Å². The van der Waals surface area contributed by atoms with Crippen LogP contribution < -0.4 is 0 Å².